The average molecular weight is 252 g/mol. The van der Waals surface area contributed by atoms with Crippen LogP contribution in [0.5, 0.6) is 0 Å². The van der Waals surface area contributed by atoms with Gasteiger partial charge in [-0.1, -0.05) is 12.8 Å². The fourth-order valence-electron chi connectivity index (χ4n) is 3.29. The molecule has 4 nitrogen and oxygen atoms in total. The molecule has 3 rings (SSSR count). The summed E-state index contributed by atoms with van der Waals surface area (Å²) in [4.78, 5) is 14.2. The van der Waals surface area contributed by atoms with Crippen LogP contribution in [0.3, 0.4) is 0 Å². The summed E-state index contributed by atoms with van der Waals surface area (Å²) in [5.41, 5.74) is 0. The van der Waals surface area contributed by atoms with E-state index in [1.807, 2.05) is 4.90 Å². The van der Waals surface area contributed by atoms with Crippen molar-refractivity contribution < 1.29 is 9.90 Å². The van der Waals surface area contributed by atoms with Crippen LogP contribution in [-0.4, -0.2) is 47.2 Å². The number of aliphatic hydroxyl groups excluding tert-OH is 1. The molecule has 3 aliphatic rings. The molecule has 2 aliphatic carbocycles. The Labute approximate surface area is 109 Å². The van der Waals surface area contributed by atoms with Crippen molar-refractivity contribution in [3.63, 3.8) is 0 Å². The van der Waals surface area contributed by atoms with Crippen LogP contribution < -0.4 is 5.32 Å². The third-order valence-electron chi connectivity index (χ3n) is 4.64. The second-order valence-corrected chi connectivity index (χ2v) is 6.18. The molecule has 0 aromatic heterocycles. The van der Waals surface area contributed by atoms with Gasteiger partial charge in [-0.15, -0.1) is 0 Å². The molecule has 3 atom stereocenters. The van der Waals surface area contributed by atoms with Gasteiger partial charge in [0.1, 0.15) is 0 Å². The third kappa shape index (κ3) is 2.69. The number of amides is 1. The molecule has 0 bridgehead atoms. The molecular formula is C14H24N2O2. The van der Waals surface area contributed by atoms with Crippen molar-refractivity contribution in [3.05, 3.63) is 0 Å². The van der Waals surface area contributed by atoms with E-state index in [1.54, 1.807) is 0 Å². The smallest absolute Gasteiger partial charge is 0.239 e. The summed E-state index contributed by atoms with van der Waals surface area (Å²) in [6.45, 7) is 1.63. The molecule has 4 heteroatoms. The van der Waals surface area contributed by atoms with Crippen LogP contribution in [0, 0.1) is 5.92 Å². The molecule has 18 heavy (non-hydrogen) atoms. The van der Waals surface area contributed by atoms with Crippen LogP contribution >= 0.6 is 0 Å². The van der Waals surface area contributed by atoms with Gasteiger partial charge < -0.3 is 15.3 Å². The second kappa shape index (κ2) is 5.17. The van der Waals surface area contributed by atoms with Gasteiger partial charge in [0.2, 0.25) is 5.91 Å². The maximum Gasteiger partial charge on any atom is 0.239 e. The highest BCUT2D eigenvalue weighted by atomic mass is 16.3. The van der Waals surface area contributed by atoms with Crippen LogP contribution in [0.2, 0.25) is 0 Å². The first-order valence-electron chi connectivity index (χ1n) is 7.47. The third-order valence-corrected chi connectivity index (χ3v) is 4.64. The van der Waals surface area contributed by atoms with Gasteiger partial charge in [0, 0.05) is 25.0 Å². The molecule has 102 valence electrons. The molecule has 0 aromatic rings. The van der Waals surface area contributed by atoms with E-state index in [9.17, 15) is 9.90 Å². The van der Waals surface area contributed by atoms with Gasteiger partial charge in [0.05, 0.1) is 12.1 Å². The molecule has 1 aliphatic heterocycles. The van der Waals surface area contributed by atoms with Crippen LogP contribution in [0.1, 0.15) is 44.9 Å². The van der Waals surface area contributed by atoms with Crippen molar-refractivity contribution in [2.45, 2.75) is 63.1 Å². The molecule has 3 unspecified atom stereocenters. The van der Waals surface area contributed by atoms with Crippen molar-refractivity contribution in [2.75, 3.05) is 13.1 Å². The number of nitrogens with zero attached hydrogens (tertiary/aromatic N) is 1. The van der Waals surface area contributed by atoms with Crippen LogP contribution in [0.25, 0.3) is 0 Å². The van der Waals surface area contributed by atoms with Crippen molar-refractivity contribution in [3.8, 4) is 0 Å². The van der Waals surface area contributed by atoms with Gasteiger partial charge in [0.15, 0.2) is 0 Å². The number of nitrogens with one attached hydrogen (secondary N) is 1. The molecular weight excluding hydrogens is 228 g/mol. The zero-order valence-corrected chi connectivity index (χ0v) is 11.0. The Morgan fingerprint density at radius 2 is 1.94 bits per heavy atom. The Morgan fingerprint density at radius 1 is 1.17 bits per heavy atom. The van der Waals surface area contributed by atoms with Crippen LogP contribution in [-0.2, 0) is 4.79 Å². The summed E-state index contributed by atoms with van der Waals surface area (Å²) < 4.78 is 0. The first-order chi connectivity index (χ1) is 8.74. The van der Waals surface area contributed by atoms with Crippen molar-refractivity contribution in [2.24, 2.45) is 5.92 Å². The molecule has 1 saturated heterocycles. The number of carbonyl (C=O) groups excluding carboxylic acids is 1. The Bertz CT molecular complexity index is 317. The maximum atomic E-state index is 12.2. The van der Waals surface area contributed by atoms with E-state index < -0.39 is 0 Å². The van der Waals surface area contributed by atoms with Gasteiger partial charge >= 0.3 is 0 Å². The highest BCUT2D eigenvalue weighted by molar-refractivity contribution is 5.84. The van der Waals surface area contributed by atoms with Gasteiger partial charge in [-0.05, 0) is 32.1 Å². The molecule has 1 amide bonds. The number of carbonyl (C=O) groups is 1. The molecule has 2 saturated carbocycles. The number of hydrogen-bond donors (Lipinski definition) is 2. The minimum Gasteiger partial charge on any atom is -0.393 e. The Morgan fingerprint density at radius 3 is 2.67 bits per heavy atom. The van der Waals surface area contributed by atoms with E-state index in [4.69, 9.17) is 0 Å². The maximum absolute atomic E-state index is 12.2. The van der Waals surface area contributed by atoms with E-state index in [0.717, 1.165) is 38.8 Å². The van der Waals surface area contributed by atoms with Crippen molar-refractivity contribution >= 4 is 5.91 Å². The largest absolute Gasteiger partial charge is 0.393 e. The number of hydrogen-bond acceptors (Lipinski definition) is 3. The van der Waals surface area contributed by atoms with E-state index in [1.165, 1.54) is 19.3 Å². The summed E-state index contributed by atoms with van der Waals surface area (Å²) >= 11 is 0. The molecule has 2 N–H and O–H groups in total. The van der Waals surface area contributed by atoms with Crippen molar-refractivity contribution in [1.29, 1.82) is 0 Å². The van der Waals surface area contributed by atoms with E-state index in [0.29, 0.717) is 12.0 Å². The zero-order chi connectivity index (χ0) is 12.5. The monoisotopic (exact) mass is 252 g/mol. The van der Waals surface area contributed by atoms with E-state index >= 15 is 0 Å². The number of aliphatic hydroxyl groups is 1. The average Bonchev–Trinajstić information content (AvgIpc) is 3.12. The second-order valence-electron chi connectivity index (χ2n) is 6.18. The standard InChI is InChI=1S/C14H24N2O2/c17-13-4-2-1-3-10(13)9-16-8-7-12(14(16)18)15-11-5-6-11/h10-13,15,17H,1-9H2. The first kappa shape index (κ1) is 12.4. The van der Waals surface area contributed by atoms with Gasteiger partial charge in [-0.25, -0.2) is 0 Å². The Balaban J connectivity index is 1.51. The fraction of sp³-hybridized carbons (Fsp3) is 0.929. The lowest BCUT2D eigenvalue weighted by Crippen LogP contribution is -2.42. The van der Waals surface area contributed by atoms with Crippen LogP contribution in [0.4, 0.5) is 0 Å². The minimum absolute atomic E-state index is 0.0539. The van der Waals surface area contributed by atoms with E-state index in [-0.39, 0.29) is 18.1 Å². The topological polar surface area (TPSA) is 52.6 Å². The summed E-state index contributed by atoms with van der Waals surface area (Å²) in [5, 5.41) is 13.4. The summed E-state index contributed by atoms with van der Waals surface area (Å²) in [6.07, 6.45) is 7.53. The fourth-order valence-corrected chi connectivity index (χ4v) is 3.29. The predicted octanol–water partition coefficient (Wildman–Crippen LogP) is 0.890. The van der Waals surface area contributed by atoms with E-state index in [2.05, 4.69) is 5.32 Å². The normalized spacial score (nSPS) is 37.3. The summed E-state index contributed by atoms with van der Waals surface area (Å²) in [5.74, 6) is 0.571. The predicted molar refractivity (Wildman–Crippen MR) is 69.1 cm³/mol. The summed E-state index contributed by atoms with van der Waals surface area (Å²) in [6, 6.07) is 0.650. The number of rotatable bonds is 4. The molecule has 0 spiro atoms. The lowest BCUT2D eigenvalue weighted by molar-refractivity contribution is -0.130. The Kier molecular flexibility index (Phi) is 3.57. The first-order valence-corrected chi connectivity index (χ1v) is 7.47. The highest BCUT2D eigenvalue weighted by Crippen LogP contribution is 2.27. The molecule has 3 fully saturated rings. The van der Waals surface area contributed by atoms with Crippen molar-refractivity contribution in [1.82, 2.24) is 10.2 Å². The highest BCUT2D eigenvalue weighted by Gasteiger charge is 2.37. The SMILES string of the molecule is O=C1C(NC2CC2)CCN1CC1CCCCC1O. The lowest BCUT2D eigenvalue weighted by Gasteiger charge is -2.31. The lowest BCUT2D eigenvalue weighted by atomic mass is 9.86. The summed E-state index contributed by atoms with van der Waals surface area (Å²) in [7, 11) is 0. The molecule has 1 heterocycles. The zero-order valence-electron chi connectivity index (χ0n) is 11.0. The van der Waals surface area contributed by atoms with Gasteiger partial charge in [-0.3, -0.25) is 4.79 Å². The molecule has 0 radical (unpaired) electrons. The quantitative estimate of drug-likeness (QED) is 0.781. The van der Waals surface area contributed by atoms with Crippen LogP contribution in [0.15, 0.2) is 0 Å². The minimum atomic E-state index is -0.193. The Hall–Kier alpha value is -0.610. The van der Waals surface area contributed by atoms with Gasteiger partial charge in [-0.2, -0.15) is 0 Å². The van der Waals surface area contributed by atoms with Gasteiger partial charge in [0.25, 0.3) is 0 Å². The number of likely N-dealkylation sites (tertiary alicyclic amines) is 1. The molecule has 0 aromatic carbocycles.